The summed E-state index contributed by atoms with van der Waals surface area (Å²) in [7, 11) is 2.12. The molecule has 0 aromatic heterocycles. The Labute approximate surface area is 149 Å². The molecule has 24 heavy (non-hydrogen) atoms. The number of carbonyl (C=O) groups is 1. The Kier molecular flexibility index (Phi) is 5.48. The fourth-order valence-corrected chi connectivity index (χ4v) is 4.57. The first-order chi connectivity index (χ1) is 11.6. The number of piperidine rings is 2. The van der Waals surface area contributed by atoms with Crippen LogP contribution in [0.4, 0.5) is 0 Å². The van der Waals surface area contributed by atoms with E-state index in [-0.39, 0.29) is 24.0 Å². The SMILES string of the molecule is CN1CCC[C@]2(CO)CCN(C(=O)CCc3ccccc3Cl)C[C@@H]12. The van der Waals surface area contributed by atoms with Crippen molar-refractivity contribution in [2.24, 2.45) is 5.41 Å². The van der Waals surface area contributed by atoms with Gasteiger partial charge in [-0.1, -0.05) is 29.8 Å². The molecule has 2 aliphatic heterocycles. The third-order valence-corrected chi connectivity index (χ3v) is 6.30. The van der Waals surface area contributed by atoms with E-state index in [1.165, 1.54) is 0 Å². The highest BCUT2D eigenvalue weighted by molar-refractivity contribution is 6.31. The maximum Gasteiger partial charge on any atom is 0.222 e. The average Bonchev–Trinajstić information content (AvgIpc) is 2.61. The number of nitrogens with zero attached hydrogens (tertiary/aromatic N) is 2. The molecule has 0 bridgehead atoms. The summed E-state index contributed by atoms with van der Waals surface area (Å²) in [5.41, 5.74) is 1.01. The summed E-state index contributed by atoms with van der Waals surface area (Å²) in [6.07, 6.45) is 4.28. The number of likely N-dealkylation sites (tertiary alicyclic amines) is 2. The molecule has 1 N–H and O–H groups in total. The van der Waals surface area contributed by atoms with Gasteiger partial charge in [-0.05, 0) is 50.9 Å². The third kappa shape index (κ3) is 3.46. The van der Waals surface area contributed by atoms with Crippen LogP contribution in [-0.4, -0.2) is 60.1 Å². The monoisotopic (exact) mass is 350 g/mol. The van der Waals surface area contributed by atoms with Gasteiger partial charge in [0, 0.05) is 36.0 Å². The summed E-state index contributed by atoms with van der Waals surface area (Å²) >= 11 is 6.18. The Morgan fingerprint density at radius 2 is 2.12 bits per heavy atom. The van der Waals surface area contributed by atoms with Crippen molar-refractivity contribution in [3.05, 3.63) is 34.9 Å². The van der Waals surface area contributed by atoms with Gasteiger partial charge in [-0.25, -0.2) is 0 Å². The Hall–Kier alpha value is -1.10. The van der Waals surface area contributed by atoms with Gasteiger partial charge in [0.15, 0.2) is 0 Å². The van der Waals surface area contributed by atoms with Gasteiger partial charge in [-0.3, -0.25) is 4.79 Å². The number of aliphatic hydroxyl groups is 1. The second-order valence-electron chi connectivity index (χ2n) is 7.30. The molecule has 0 unspecified atom stereocenters. The van der Waals surface area contributed by atoms with E-state index in [9.17, 15) is 9.90 Å². The molecule has 0 aliphatic carbocycles. The van der Waals surface area contributed by atoms with Crippen LogP contribution < -0.4 is 0 Å². The molecule has 0 saturated carbocycles. The van der Waals surface area contributed by atoms with E-state index in [1.807, 2.05) is 29.2 Å². The van der Waals surface area contributed by atoms with Crippen molar-refractivity contribution in [3.63, 3.8) is 0 Å². The van der Waals surface area contributed by atoms with E-state index < -0.39 is 0 Å². The summed E-state index contributed by atoms with van der Waals surface area (Å²) < 4.78 is 0. The van der Waals surface area contributed by atoms with Gasteiger partial charge in [-0.15, -0.1) is 0 Å². The highest BCUT2D eigenvalue weighted by Gasteiger charge is 2.47. The lowest BCUT2D eigenvalue weighted by Crippen LogP contribution is -2.62. The fourth-order valence-electron chi connectivity index (χ4n) is 4.34. The fraction of sp³-hybridized carbons (Fsp3) is 0.632. The van der Waals surface area contributed by atoms with Gasteiger partial charge in [0.1, 0.15) is 0 Å². The highest BCUT2D eigenvalue weighted by Crippen LogP contribution is 2.41. The van der Waals surface area contributed by atoms with E-state index in [2.05, 4.69) is 11.9 Å². The Bertz CT molecular complexity index is 594. The highest BCUT2D eigenvalue weighted by atomic mass is 35.5. The number of hydrogen-bond acceptors (Lipinski definition) is 3. The summed E-state index contributed by atoms with van der Waals surface area (Å²) in [5, 5.41) is 10.7. The van der Waals surface area contributed by atoms with E-state index in [0.717, 1.165) is 49.5 Å². The topological polar surface area (TPSA) is 43.8 Å². The number of benzene rings is 1. The zero-order valence-electron chi connectivity index (χ0n) is 14.4. The van der Waals surface area contributed by atoms with Crippen LogP contribution in [0.2, 0.25) is 5.02 Å². The first-order valence-electron chi connectivity index (χ1n) is 8.88. The third-order valence-electron chi connectivity index (χ3n) is 5.93. The average molecular weight is 351 g/mol. The molecule has 132 valence electrons. The van der Waals surface area contributed by atoms with Gasteiger partial charge in [0.25, 0.3) is 0 Å². The molecule has 2 fully saturated rings. The van der Waals surface area contributed by atoms with Crippen molar-refractivity contribution in [1.29, 1.82) is 0 Å². The molecule has 1 aromatic carbocycles. The lowest BCUT2D eigenvalue weighted by Gasteiger charge is -2.53. The molecule has 2 heterocycles. The number of carbonyl (C=O) groups excluding carboxylic acids is 1. The molecule has 1 amide bonds. The lowest BCUT2D eigenvalue weighted by molar-refractivity contribution is -0.139. The summed E-state index contributed by atoms with van der Waals surface area (Å²) in [6, 6.07) is 7.99. The molecule has 1 aromatic rings. The van der Waals surface area contributed by atoms with Gasteiger partial charge >= 0.3 is 0 Å². The second kappa shape index (κ2) is 7.42. The van der Waals surface area contributed by atoms with Crippen molar-refractivity contribution >= 4 is 17.5 Å². The second-order valence-corrected chi connectivity index (χ2v) is 7.71. The van der Waals surface area contributed by atoms with Crippen LogP contribution in [0.1, 0.15) is 31.2 Å². The Morgan fingerprint density at radius 3 is 2.88 bits per heavy atom. The molecule has 2 aliphatic rings. The quantitative estimate of drug-likeness (QED) is 0.907. The molecule has 3 rings (SSSR count). The van der Waals surface area contributed by atoms with Crippen LogP contribution in [-0.2, 0) is 11.2 Å². The molecule has 2 atom stereocenters. The zero-order chi connectivity index (χ0) is 17.2. The number of halogens is 1. The van der Waals surface area contributed by atoms with Crippen molar-refractivity contribution in [1.82, 2.24) is 9.80 Å². The van der Waals surface area contributed by atoms with E-state index in [1.54, 1.807) is 0 Å². The number of amides is 1. The van der Waals surface area contributed by atoms with Crippen LogP contribution in [0.25, 0.3) is 0 Å². The minimum Gasteiger partial charge on any atom is -0.396 e. The lowest BCUT2D eigenvalue weighted by atomic mass is 9.69. The first-order valence-corrected chi connectivity index (χ1v) is 9.26. The van der Waals surface area contributed by atoms with Crippen molar-refractivity contribution in [2.75, 3.05) is 33.3 Å². The van der Waals surface area contributed by atoms with E-state index in [0.29, 0.717) is 12.8 Å². The molecular weight excluding hydrogens is 324 g/mol. The van der Waals surface area contributed by atoms with Gasteiger partial charge in [0.2, 0.25) is 5.91 Å². The van der Waals surface area contributed by atoms with Crippen molar-refractivity contribution in [2.45, 2.75) is 38.1 Å². The van der Waals surface area contributed by atoms with Crippen LogP contribution in [0.15, 0.2) is 24.3 Å². The predicted molar refractivity (Wildman–Crippen MR) is 96.1 cm³/mol. The Morgan fingerprint density at radius 1 is 1.33 bits per heavy atom. The van der Waals surface area contributed by atoms with Gasteiger partial charge in [0.05, 0.1) is 6.61 Å². The van der Waals surface area contributed by atoms with Crippen LogP contribution >= 0.6 is 11.6 Å². The van der Waals surface area contributed by atoms with E-state index in [4.69, 9.17) is 11.6 Å². The van der Waals surface area contributed by atoms with Gasteiger partial charge in [-0.2, -0.15) is 0 Å². The van der Waals surface area contributed by atoms with Crippen LogP contribution in [0.5, 0.6) is 0 Å². The molecule has 2 saturated heterocycles. The zero-order valence-corrected chi connectivity index (χ0v) is 15.1. The standard InChI is InChI=1S/C19H27ClN2O2/c1-21-11-4-9-19(14-23)10-12-22(13-17(19)21)18(24)8-7-15-5-2-3-6-16(15)20/h2-3,5-6,17,23H,4,7-14H2,1H3/t17-,19-/m1/s1. The van der Waals surface area contributed by atoms with E-state index >= 15 is 0 Å². The minimum absolute atomic E-state index is 0.0213. The minimum atomic E-state index is -0.0213. The smallest absolute Gasteiger partial charge is 0.222 e. The number of aliphatic hydroxyl groups excluding tert-OH is 1. The molecular formula is C19H27ClN2O2. The summed E-state index contributed by atoms with van der Waals surface area (Å²) in [5.74, 6) is 0.195. The summed E-state index contributed by atoms with van der Waals surface area (Å²) in [6.45, 7) is 2.77. The molecule has 5 heteroatoms. The largest absolute Gasteiger partial charge is 0.396 e. The maximum atomic E-state index is 12.7. The first kappa shape index (κ1) is 17.7. The van der Waals surface area contributed by atoms with Crippen LogP contribution in [0, 0.1) is 5.41 Å². The maximum absolute atomic E-state index is 12.7. The number of hydrogen-bond donors (Lipinski definition) is 1. The number of likely N-dealkylation sites (N-methyl/N-ethyl adjacent to an activating group) is 1. The predicted octanol–water partition coefficient (Wildman–Crippen LogP) is 2.58. The number of aryl methyl sites for hydroxylation is 1. The number of rotatable bonds is 4. The molecule has 0 spiro atoms. The van der Waals surface area contributed by atoms with Gasteiger partial charge < -0.3 is 14.9 Å². The normalized spacial score (nSPS) is 27.8. The van der Waals surface area contributed by atoms with Crippen LogP contribution in [0.3, 0.4) is 0 Å². The summed E-state index contributed by atoms with van der Waals surface area (Å²) in [4.78, 5) is 17.0. The van der Waals surface area contributed by atoms with Crippen molar-refractivity contribution < 1.29 is 9.90 Å². The Balaban J connectivity index is 1.62. The molecule has 0 radical (unpaired) electrons. The van der Waals surface area contributed by atoms with Crippen molar-refractivity contribution in [3.8, 4) is 0 Å². The molecule has 4 nitrogen and oxygen atoms in total. The number of fused-ring (bicyclic) bond motifs is 1.